The lowest BCUT2D eigenvalue weighted by Crippen LogP contribution is -2.38. The van der Waals surface area contributed by atoms with E-state index >= 15 is 0 Å². The first-order chi connectivity index (χ1) is 7.77. The average molecular weight is 262 g/mol. The van der Waals surface area contributed by atoms with Crippen molar-refractivity contribution < 1.29 is 8.42 Å². The van der Waals surface area contributed by atoms with Crippen LogP contribution in [0.3, 0.4) is 0 Å². The Bertz CT molecular complexity index is 332. The van der Waals surface area contributed by atoms with Crippen LogP contribution in [-0.4, -0.2) is 33.3 Å². The van der Waals surface area contributed by atoms with E-state index in [1.165, 1.54) is 0 Å². The van der Waals surface area contributed by atoms with E-state index in [0.29, 0.717) is 25.0 Å². The van der Waals surface area contributed by atoms with Gasteiger partial charge in [-0.15, -0.1) is 0 Å². The Hall–Kier alpha value is -0.130. The second-order valence-corrected chi connectivity index (χ2v) is 7.69. The molecule has 4 nitrogen and oxygen atoms in total. The summed E-state index contributed by atoms with van der Waals surface area (Å²) in [6.07, 6.45) is 2.30. The number of sulfonamides is 1. The summed E-state index contributed by atoms with van der Waals surface area (Å²) >= 11 is 0. The normalized spacial score (nSPS) is 18.9. The average Bonchev–Trinajstić information content (AvgIpc) is 2.94. The first-order valence-corrected chi connectivity index (χ1v) is 8.13. The van der Waals surface area contributed by atoms with E-state index in [0.717, 1.165) is 12.8 Å². The molecule has 5 heteroatoms. The van der Waals surface area contributed by atoms with Crippen LogP contribution in [0.1, 0.15) is 40.5 Å². The third kappa shape index (κ3) is 4.94. The lowest BCUT2D eigenvalue weighted by atomic mass is 9.93. The standard InChI is InChI=1S/C12H26N2O2S/c1-10(2)12(5-6-12)9-14-17(15,16)8-7-13-11(3)4/h10-11,13-14H,5-9H2,1-4H3. The highest BCUT2D eigenvalue weighted by Crippen LogP contribution is 2.51. The predicted molar refractivity (Wildman–Crippen MR) is 71.4 cm³/mol. The van der Waals surface area contributed by atoms with E-state index in [9.17, 15) is 8.42 Å². The molecule has 0 amide bonds. The third-order valence-electron chi connectivity index (χ3n) is 3.68. The van der Waals surface area contributed by atoms with E-state index in [-0.39, 0.29) is 11.2 Å². The SMILES string of the molecule is CC(C)NCCS(=O)(=O)NCC1(C(C)C)CC1. The van der Waals surface area contributed by atoms with E-state index in [2.05, 4.69) is 23.9 Å². The molecule has 0 radical (unpaired) electrons. The smallest absolute Gasteiger partial charge is 0.212 e. The van der Waals surface area contributed by atoms with Crippen molar-refractivity contribution in [1.82, 2.24) is 10.0 Å². The molecule has 1 fully saturated rings. The molecule has 0 unspecified atom stereocenters. The zero-order valence-corrected chi connectivity index (χ0v) is 12.2. The van der Waals surface area contributed by atoms with Gasteiger partial charge in [0.2, 0.25) is 10.0 Å². The van der Waals surface area contributed by atoms with Gasteiger partial charge in [-0.2, -0.15) is 0 Å². The first-order valence-electron chi connectivity index (χ1n) is 6.48. The molecule has 1 aliphatic carbocycles. The zero-order chi connectivity index (χ0) is 13.1. The minimum absolute atomic E-state index is 0.166. The number of hydrogen-bond donors (Lipinski definition) is 2. The molecule has 0 heterocycles. The van der Waals surface area contributed by atoms with Gasteiger partial charge >= 0.3 is 0 Å². The fraction of sp³-hybridized carbons (Fsp3) is 1.00. The summed E-state index contributed by atoms with van der Waals surface area (Å²) in [5.41, 5.74) is 0.235. The molecule has 0 spiro atoms. The van der Waals surface area contributed by atoms with Crippen LogP contribution in [0.25, 0.3) is 0 Å². The molecule has 0 aliphatic heterocycles. The van der Waals surface area contributed by atoms with Gasteiger partial charge in [0, 0.05) is 19.1 Å². The van der Waals surface area contributed by atoms with Crippen molar-refractivity contribution in [3.63, 3.8) is 0 Å². The number of hydrogen-bond acceptors (Lipinski definition) is 3. The third-order valence-corrected chi connectivity index (χ3v) is 5.01. The van der Waals surface area contributed by atoms with Gasteiger partial charge in [-0.25, -0.2) is 13.1 Å². The topological polar surface area (TPSA) is 58.2 Å². The van der Waals surface area contributed by atoms with Crippen LogP contribution in [0.2, 0.25) is 0 Å². The largest absolute Gasteiger partial charge is 0.313 e. The molecular weight excluding hydrogens is 236 g/mol. The Kier molecular flexibility index (Phi) is 4.98. The van der Waals surface area contributed by atoms with Crippen LogP contribution in [-0.2, 0) is 10.0 Å². The molecule has 1 rings (SSSR count). The van der Waals surface area contributed by atoms with Gasteiger partial charge in [-0.3, -0.25) is 0 Å². The summed E-state index contributed by atoms with van der Waals surface area (Å²) in [7, 11) is -3.12. The van der Waals surface area contributed by atoms with Gasteiger partial charge in [-0.05, 0) is 24.2 Å². The number of nitrogens with one attached hydrogen (secondary N) is 2. The van der Waals surface area contributed by atoms with Gasteiger partial charge < -0.3 is 5.32 Å². The van der Waals surface area contributed by atoms with Crippen LogP contribution in [0.5, 0.6) is 0 Å². The van der Waals surface area contributed by atoms with Gasteiger partial charge in [0.1, 0.15) is 0 Å². The molecule has 0 atom stereocenters. The molecule has 0 saturated heterocycles. The Morgan fingerprint density at radius 2 is 1.76 bits per heavy atom. The maximum Gasteiger partial charge on any atom is 0.212 e. The van der Waals surface area contributed by atoms with Crippen LogP contribution in [0.15, 0.2) is 0 Å². The number of rotatable bonds is 8. The molecular formula is C12H26N2O2S. The van der Waals surface area contributed by atoms with E-state index < -0.39 is 10.0 Å². The van der Waals surface area contributed by atoms with Crippen LogP contribution in [0.4, 0.5) is 0 Å². The summed E-state index contributed by atoms with van der Waals surface area (Å²) < 4.78 is 26.3. The Labute approximate surface area is 106 Å². The van der Waals surface area contributed by atoms with Gasteiger partial charge in [0.25, 0.3) is 0 Å². The molecule has 1 aliphatic rings. The van der Waals surface area contributed by atoms with Crippen molar-refractivity contribution in [3.8, 4) is 0 Å². The van der Waals surface area contributed by atoms with Gasteiger partial charge in [0.15, 0.2) is 0 Å². The predicted octanol–water partition coefficient (Wildman–Crippen LogP) is 1.34. The fourth-order valence-corrected chi connectivity index (χ4v) is 2.96. The molecule has 0 aromatic heterocycles. The van der Waals surface area contributed by atoms with Crippen molar-refractivity contribution in [3.05, 3.63) is 0 Å². The van der Waals surface area contributed by atoms with Crippen molar-refractivity contribution in [2.75, 3.05) is 18.8 Å². The van der Waals surface area contributed by atoms with Gasteiger partial charge in [0.05, 0.1) is 5.75 Å². The zero-order valence-electron chi connectivity index (χ0n) is 11.4. The molecule has 0 bridgehead atoms. The Morgan fingerprint density at radius 1 is 1.18 bits per heavy atom. The summed E-state index contributed by atoms with van der Waals surface area (Å²) in [5, 5.41) is 3.12. The second-order valence-electron chi connectivity index (χ2n) is 5.77. The van der Waals surface area contributed by atoms with E-state index in [4.69, 9.17) is 0 Å². The quantitative estimate of drug-likeness (QED) is 0.694. The highest BCUT2D eigenvalue weighted by atomic mass is 32.2. The van der Waals surface area contributed by atoms with Crippen molar-refractivity contribution in [2.24, 2.45) is 11.3 Å². The molecule has 0 aromatic rings. The highest BCUT2D eigenvalue weighted by molar-refractivity contribution is 7.89. The Morgan fingerprint density at radius 3 is 2.18 bits per heavy atom. The highest BCUT2D eigenvalue weighted by Gasteiger charge is 2.45. The molecule has 102 valence electrons. The van der Waals surface area contributed by atoms with Crippen molar-refractivity contribution in [1.29, 1.82) is 0 Å². The molecule has 0 aromatic carbocycles. The van der Waals surface area contributed by atoms with Crippen LogP contribution < -0.4 is 10.0 Å². The van der Waals surface area contributed by atoms with Crippen LogP contribution >= 0.6 is 0 Å². The van der Waals surface area contributed by atoms with Crippen molar-refractivity contribution >= 4 is 10.0 Å². The van der Waals surface area contributed by atoms with Gasteiger partial charge in [-0.1, -0.05) is 27.7 Å². The summed E-state index contributed by atoms with van der Waals surface area (Å²) in [4.78, 5) is 0. The first kappa shape index (κ1) is 14.9. The van der Waals surface area contributed by atoms with Crippen LogP contribution in [0, 0.1) is 11.3 Å². The maximum atomic E-state index is 11.8. The lowest BCUT2D eigenvalue weighted by molar-refractivity contribution is 0.357. The molecule has 17 heavy (non-hydrogen) atoms. The maximum absolute atomic E-state index is 11.8. The minimum Gasteiger partial charge on any atom is -0.313 e. The monoisotopic (exact) mass is 262 g/mol. The molecule has 2 N–H and O–H groups in total. The molecule has 1 saturated carbocycles. The minimum atomic E-state index is -3.12. The van der Waals surface area contributed by atoms with E-state index in [1.54, 1.807) is 0 Å². The summed E-state index contributed by atoms with van der Waals surface area (Å²) in [6.45, 7) is 9.48. The fourth-order valence-electron chi connectivity index (χ4n) is 1.93. The second kappa shape index (κ2) is 5.67. The summed E-state index contributed by atoms with van der Waals surface area (Å²) in [6, 6.07) is 0.329. The van der Waals surface area contributed by atoms with Crippen molar-refractivity contribution in [2.45, 2.75) is 46.6 Å². The Balaban J connectivity index is 2.30. The summed E-state index contributed by atoms with van der Waals surface area (Å²) in [5.74, 6) is 0.721. The lowest BCUT2D eigenvalue weighted by Gasteiger charge is -2.20. The van der Waals surface area contributed by atoms with E-state index in [1.807, 2.05) is 13.8 Å².